The van der Waals surface area contributed by atoms with Gasteiger partial charge in [0.15, 0.2) is 0 Å². The molecule has 4 rings (SSSR count). The van der Waals surface area contributed by atoms with Gasteiger partial charge in [-0.05, 0) is 91.3 Å². The number of hydrogen-bond donors (Lipinski definition) is 3. The number of carbonyl (C=O) groups excluding carboxylic acids is 4. The van der Waals surface area contributed by atoms with Crippen LogP contribution in [0.5, 0.6) is 0 Å². The van der Waals surface area contributed by atoms with Crippen LogP contribution in [-0.2, 0) is 23.9 Å². The van der Waals surface area contributed by atoms with Crippen molar-refractivity contribution in [3.63, 3.8) is 0 Å². The zero-order valence-corrected chi connectivity index (χ0v) is 27.1. The lowest BCUT2D eigenvalue weighted by molar-refractivity contribution is -0.157. The largest absolute Gasteiger partial charge is 0.468 e. The Balaban J connectivity index is 1.29. The summed E-state index contributed by atoms with van der Waals surface area (Å²) in [6, 6.07) is 0.197. The molecule has 0 spiro atoms. The van der Waals surface area contributed by atoms with Gasteiger partial charge in [0.1, 0.15) is 12.3 Å². The third-order valence-corrected chi connectivity index (χ3v) is 12.3. The van der Waals surface area contributed by atoms with Crippen LogP contribution in [0, 0.1) is 52.3 Å². The summed E-state index contributed by atoms with van der Waals surface area (Å²) in [6.07, 6.45) is 12.6. The summed E-state index contributed by atoms with van der Waals surface area (Å²) < 4.78 is 4.49. The first-order valence-electron chi connectivity index (χ1n) is 16.7. The van der Waals surface area contributed by atoms with E-state index >= 15 is 0 Å². The van der Waals surface area contributed by atoms with Crippen LogP contribution in [0.4, 0.5) is 0 Å². The van der Waals surface area contributed by atoms with Gasteiger partial charge in [-0.15, -0.1) is 0 Å². The Morgan fingerprint density at radius 1 is 0.881 bits per heavy atom. The van der Waals surface area contributed by atoms with E-state index in [1.807, 2.05) is 0 Å². The number of carbonyl (C=O) groups is 4. The van der Waals surface area contributed by atoms with Gasteiger partial charge in [0.25, 0.3) is 0 Å². The molecule has 4 aliphatic rings. The Morgan fingerprint density at radius 2 is 1.55 bits per heavy atom. The standard InChI is InChI=1S/C34H57N3O5/c1-21(2)8-7-9-22(3)25-10-11-26-32-27(13-15-34(25,26)5)33(4)14-12-24(16-23(33)17-28(32)38)35-18-29(39)36-19-30(40)37-20-31(41)42-6/h21-27,32,35H,7-20H2,1-6H3,(H,36,39)(H,37,40)/t22-,23-,24-,25-,26?,27?,32?,33+,34-/m1/s1. The fourth-order valence-corrected chi connectivity index (χ4v) is 9.93. The van der Waals surface area contributed by atoms with Crippen LogP contribution < -0.4 is 16.0 Å². The van der Waals surface area contributed by atoms with Crippen LogP contribution in [0.1, 0.15) is 105 Å². The molecule has 238 valence electrons. The number of methoxy groups -OCH3 is 1. The third kappa shape index (κ3) is 7.05. The van der Waals surface area contributed by atoms with E-state index in [4.69, 9.17) is 0 Å². The van der Waals surface area contributed by atoms with Crippen molar-refractivity contribution in [1.82, 2.24) is 16.0 Å². The highest BCUT2D eigenvalue weighted by molar-refractivity contribution is 5.87. The molecule has 0 heterocycles. The van der Waals surface area contributed by atoms with Crippen LogP contribution in [0.25, 0.3) is 0 Å². The molecule has 0 aliphatic heterocycles. The molecule has 4 aliphatic carbocycles. The number of fused-ring (bicyclic) bond motifs is 5. The zero-order chi connectivity index (χ0) is 30.7. The van der Waals surface area contributed by atoms with Gasteiger partial charge < -0.3 is 20.7 Å². The highest BCUT2D eigenvalue weighted by atomic mass is 16.5. The van der Waals surface area contributed by atoms with Gasteiger partial charge >= 0.3 is 5.97 Å². The Labute approximate surface area is 253 Å². The zero-order valence-electron chi connectivity index (χ0n) is 27.1. The Bertz CT molecular complexity index is 1000. The van der Waals surface area contributed by atoms with Gasteiger partial charge in [0.2, 0.25) is 11.8 Å². The third-order valence-electron chi connectivity index (χ3n) is 12.3. The summed E-state index contributed by atoms with van der Waals surface area (Å²) in [5, 5.41) is 8.41. The number of Topliss-reactive ketones (excluding diaryl/α,β-unsaturated/α-hetero) is 1. The number of esters is 1. The molecule has 0 aromatic rings. The minimum atomic E-state index is -0.537. The lowest BCUT2D eigenvalue weighted by Crippen LogP contribution is -2.58. The maximum absolute atomic E-state index is 13.9. The lowest BCUT2D eigenvalue weighted by Gasteiger charge is -2.60. The molecule has 2 amide bonds. The van der Waals surface area contributed by atoms with E-state index in [9.17, 15) is 19.2 Å². The van der Waals surface area contributed by atoms with Gasteiger partial charge in [-0.1, -0.05) is 53.9 Å². The molecule has 0 aromatic carbocycles. The molecule has 4 fully saturated rings. The number of amides is 2. The van der Waals surface area contributed by atoms with E-state index in [0.717, 1.165) is 37.0 Å². The topological polar surface area (TPSA) is 114 Å². The summed E-state index contributed by atoms with van der Waals surface area (Å²) in [5.41, 5.74) is 0.499. The predicted octanol–water partition coefficient (Wildman–Crippen LogP) is 4.65. The lowest BCUT2D eigenvalue weighted by atomic mass is 9.44. The van der Waals surface area contributed by atoms with Crippen molar-refractivity contribution < 1.29 is 23.9 Å². The highest BCUT2D eigenvalue weighted by Crippen LogP contribution is 2.67. The quantitative estimate of drug-likeness (QED) is 0.287. The molecular weight excluding hydrogens is 530 g/mol. The second kappa shape index (κ2) is 13.8. The van der Waals surface area contributed by atoms with Gasteiger partial charge in [0, 0.05) is 18.4 Å². The Morgan fingerprint density at radius 3 is 2.26 bits per heavy atom. The maximum Gasteiger partial charge on any atom is 0.325 e. The molecule has 0 aromatic heterocycles. The molecule has 9 atom stereocenters. The van der Waals surface area contributed by atoms with Crippen LogP contribution in [0.15, 0.2) is 0 Å². The van der Waals surface area contributed by atoms with E-state index in [-0.39, 0.29) is 42.9 Å². The van der Waals surface area contributed by atoms with Crippen LogP contribution >= 0.6 is 0 Å². The van der Waals surface area contributed by atoms with Gasteiger partial charge in [-0.3, -0.25) is 19.2 Å². The molecule has 0 bridgehead atoms. The van der Waals surface area contributed by atoms with Gasteiger partial charge in [-0.2, -0.15) is 0 Å². The highest BCUT2D eigenvalue weighted by Gasteiger charge is 2.63. The van der Waals surface area contributed by atoms with Crippen molar-refractivity contribution >= 4 is 23.6 Å². The summed E-state index contributed by atoms with van der Waals surface area (Å²) >= 11 is 0. The van der Waals surface area contributed by atoms with Crippen molar-refractivity contribution in [3.8, 4) is 0 Å². The summed E-state index contributed by atoms with van der Waals surface area (Å²) in [6.45, 7) is 11.9. The molecule has 8 nitrogen and oxygen atoms in total. The smallest absolute Gasteiger partial charge is 0.325 e. The average molecular weight is 588 g/mol. The first-order valence-corrected chi connectivity index (χ1v) is 16.7. The van der Waals surface area contributed by atoms with Gasteiger partial charge in [-0.25, -0.2) is 0 Å². The molecule has 0 saturated heterocycles. The van der Waals surface area contributed by atoms with E-state index < -0.39 is 11.9 Å². The first kappa shape index (κ1) is 32.9. The number of rotatable bonds is 12. The average Bonchev–Trinajstić information content (AvgIpc) is 3.31. The monoisotopic (exact) mass is 587 g/mol. The normalized spacial score (nSPS) is 36.4. The van der Waals surface area contributed by atoms with E-state index in [1.165, 1.54) is 52.1 Å². The predicted molar refractivity (Wildman–Crippen MR) is 163 cm³/mol. The second-order valence-electron chi connectivity index (χ2n) is 15.1. The minimum Gasteiger partial charge on any atom is -0.468 e. The molecule has 8 heteroatoms. The number of ether oxygens (including phenoxy) is 1. The number of ketones is 1. The van der Waals surface area contributed by atoms with Crippen LogP contribution in [-0.4, -0.2) is 56.4 Å². The second-order valence-corrected chi connectivity index (χ2v) is 15.1. The van der Waals surface area contributed by atoms with Crippen molar-refractivity contribution in [2.75, 3.05) is 26.7 Å². The summed E-state index contributed by atoms with van der Waals surface area (Å²) in [4.78, 5) is 49.3. The van der Waals surface area contributed by atoms with Gasteiger partial charge in [0.05, 0.1) is 20.2 Å². The van der Waals surface area contributed by atoms with Crippen molar-refractivity contribution in [1.29, 1.82) is 0 Å². The van der Waals surface area contributed by atoms with Crippen LogP contribution in [0.3, 0.4) is 0 Å². The van der Waals surface area contributed by atoms with E-state index in [1.54, 1.807) is 0 Å². The SMILES string of the molecule is COC(=O)CNC(=O)CNC(=O)CN[C@@H]1CC[C@]2(C)C3CC[C@@]4(C)C(CC[C@@H]4[C@H](C)CCCC(C)C)C3C(=O)C[C@H]2C1. The molecule has 3 unspecified atom stereocenters. The minimum absolute atomic E-state index is 0.134. The summed E-state index contributed by atoms with van der Waals surface area (Å²) in [7, 11) is 1.25. The number of hydrogen-bond acceptors (Lipinski definition) is 6. The number of nitrogens with one attached hydrogen (secondary N) is 3. The fraction of sp³-hybridized carbons (Fsp3) is 0.882. The Hall–Kier alpha value is -1.96. The summed E-state index contributed by atoms with van der Waals surface area (Å²) in [5.74, 6) is 3.19. The molecule has 4 saturated carbocycles. The molecule has 42 heavy (non-hydrogen) atoms. The Kier molecular flexibility index (Phi) is 10.8. The first-order chi connectivity index (χ1) is 19.9. The molecule has 3 N–H and O–H groups in total. The van der Waals surface area contributed by atoms with Crippen molar-refractivity contribution in [3.05, 3.63) is 0 Å². The van der Waals surface area contributed by atoms with Crippen molar-refractivity contribution in [2.24, 2.45) is 52.3 Å². The molecule has 0 radical (unpaired) electrons. The maximum atomic E-state index is 13.9. The van der Waals surface area contributed by atoms with E-state index in [0.29, 0.717) is 35.4 Å². The van der Waals surface area contributed by atoms with Crippen LogP contribution in [0.2, 0.25) is 0 Å². The fourth-order valence-electron chi connectivity index (χ4n) is 9.93. The van der Waals surface area contributed by atoms with E-state index in [2.05, 4.69) is 55.3 Å². The molecular formula is C34H57N3O5. The van der Waals surface area contributed by atoms with Crippen molar-refractivity contribution in [2.45, 2.75) is 111 Å².